The third kappa shape index (κ3) is 4.05. The second-order valence-corrected chi connectivity index (χ2v) is 7.25. The van der Waals surface area contributed by atoms with E-state index in [0.29, 0.717) is 16.4 Å². The van der Waals surface area contributed by atoms with E-state index in [1.54, 1.807) is 30.3 Å². The second-order valence-electron chi connectivity index (χ2n) is 5.18. The van der Waals surface area contributed by atoms with Gasteiger partial charge in [0, 0.05) is 14.8 Å². The molecule has 1 heterocycles. The van der Waals surface area contributed by atoms with E-state index in [-0.39, 0.29) is 5.11 Å². The average molecular weight is 484 g/mol. The SMILES string of the molecule is O=C1NC(=S)N(c2ccc(Cl)cc2)C(=O)[C@@H]1C=Nc1cccc(I)c1. The van der Waals surface area contributed by atoms with Crippen LogP contribution < -0.4 is 10.2 Å². The van der Waals surface area contributed by atoms with Crippen molar-refractivity contribution in [1.29, 1.82) is 0 Å². The summed E-state index contributed by atoms with van der Waals surface area (Å²) < 4.78 is 1.01. The van der Waals surface area contributed by atoms with Crippen LogP contribution in [0, 0.1) is 9.49 Å². The zero-order valence-corrected chi connectivity index (χ0v) is 16.4. The van der Waals surface area contributed by atoms with Crippen molar-refractivity contribution in [3.05, 3.63) is 57.1 Å². The Balaban J connectivity index is 1.89. The molecular weight excluding hydrogens is 473 g/mol. The molecule has 126 valence electrons. The van der Waals surface area contributed by atoms with Crippen molar-refractivity contribution in [3.8, 4) is 0 Å². The number of nitrogens with zero attached hydrogens (tertiary/aromatic N) is 2. The van der Waals surface area contributed by atoms with Gasteiger partial charge in [0.15, 0.2) is 11.0 Å². The molecule has 0 saturated carbocycles. The number of benzene rings is 2. The molecule has 2 aromatic carbocycles. The highest BCUT2D eigenvalue weighted by atomic mass is 127. The van der Waals surface area contributed by atoms with E-state index in [4.69, 9.17) is 23.8 Å². The third-order valence-electron chi connectivity index (χ3n) is 3.47. The molecule has 0 radical (unpaired) electrons. The standard InChI is InChI=1S/C17H11ClIN3O2S/c18-10-4-6-13(7-5-10)22-16(24)14(15(23)21-17(22)25)9-20-12-3-1-2-11(19)8-12/h1-9,14H,(H,21,23,25)/t14-/m1/s1. The lowest BCUT2D eigenvalue weighted by Gasteiger charge is -2.30. The van der Waals surface area contributed by atoms with Crippen LogP contribution in [0.1, 0.15) is 0 Å². The van der Waals surface area contributed by atoms with Crippen LogP contribution >= 0.6 is 46.4 Å². The van der Waals surface area contributed by atoms with E-state index in [2.05, 4.69) is 32.9 Å². The number of hydrogen-bond donors (Lipinski definition) is 1. The molecule has 0 aromatic heterocycles. The molecule has 0 bridgehead atoms. The Bertz CT molecular complexity index is 886. The van der Waals surface area contributed by atoms with Gasteiger partial charge in [-0.3, -0.25) is 19.5 Å². The number of amides is 2. The molecule has 2 amide bonds. The minimum Gasteiger partial charge on any atom is -0.301 e. The van der Waals surface area contributed by atoms with Crippen molar-refractivity contribution < 1.29 is 9.59 Å². The number of carbonyl (C=O) groups is 2. The Hall–Kier alpha value is -1.84. The van der Waals surface area contributed by atoms with Gasteiger partial charge < -0.3 is 5.32 Å². The third-order valence-corrected chi connectivity index (χ3v) is 4.68. The smallest absolute Gasteiger partial charge is 0.251 e. The Kier molecular flexibility index (Phi) is 5.45. The highest BCUT2D eigenvalue weighted by Gasteiger charge is 2.38. The molecular formula is C17H11ClIN3O2S. The predicted molar refractivity (Wildman–Crippen MR) is 110 cm³/mol. The highest BCUT2D eigenvalue weighted by molar-refractivity contribution is 14.1. The summed E-state index contributed by atoms with van der Waals surface area (Å²) in [6, 6.07) is 14.1. The molecule has 1 saturated heterocycles. The Morgan fingerprint density at radius 3 is 2.60 bits per heavy atom. The molecule has 3 rings (SSSR count). The van der Waals surface area contributed by atoms with Crippen LogP contribution in [0.2, 0.25) is 5.02 Å². The van der Waals surface area contributed by atoms with Gasteiger partial charge in [0.25, 0.3) is 5.91 Å². The molecule has 0 spiro atoms. The minimum absolute atomic E-state index is 0.0382. The van der Waals surface area contributed by atoms with Gasteiger partial charge in [-0.25, -0.2) is 0 Å². The topological polar surface area (TPSA) is 61.8 Å². The van der Waals surface area contributed by atoms with E-state index in [0.717, 1.165) is 3.57 Å². The van der Waals surface area contributed by atoms with Crippen LogP contribution in [-0.2, 0) is 9.59 Å². The Morgan fingerprint density at radius 2 is 1.92 bits per heavy atom. The van der Waals surface area contributed by atoms with Gasteiger partial charge in [-0.1, -0.05) is 17.7 Å². The Morgan fingerprint density at radius 1 is 1.20 bits per heavy atom. The summed E-state index contributed by atoms with van der Waals surface area (Å²) in [6.45, 7) is 0. The summed E-state index contributed by atoms with van der Waals surface area (Å²) in [5, 5.41) is 3.12. The fourth-order valence-corrected chi connectivity index (χ4v) is 3.22. The van der Waals surface area contributed by atoms with Crippen molar-refractivity contribution in [3.63, 3.8) is 0 Å². The van der Waals surface area contributed by atoms with Gasteiger partial charge in [-0.2, -0.15) is 0 Å². The highest BCUT2D eigenvalue weighted by Crippen LogP contribution is 2.23. The maximum absolute atomic E-state index is 12.8. The first kappa shape index (κ1) is 18.0. The van der Waals surface area contributed by atoms with E-state index in [1.807, 2.05) is 18.2 Å². The van der Waals surface area contributed by atoms with E-state index >= 15 is 0 Å². The Labute approximate surface area is 168 Å². The first-order chi connectivity index (χ1) is 12.0. The largest absolute Gasteiger partial charge is 0.301 e. The normalized spacial score (nSPS) is 17.9. The van der Waals surface area contributed by atoms with Gasteiger partial charge in [-0.15, -0.1) is 0 Å². The lowest BCUT2D eigenvalue weighted by molar-refractivity contribution is -0.130. The summed E-state index contributed by atoms with van der Waals surface area (Å²) in [5.41, 5.74) is 1.20. The number of halogens is 2. The fraction of sp³-hybridized carbons (Fsp3) is 0.0588. The molecule has 1 fully saturated rings. The lowest BCUT2D eigenvalue weighted by Crippen LogP contribution is -2.58. The number of hydrogen-bond acceptors (Lipinski definition) is 4. The fourth-order valence-electron chi connectivity index (χ4n) is 2.27. The first-order valence-corrected chi connectivity index (χ1v) is 9.06. The molecule has 2 aromatic rings. The van der Waals surface area contributed by atoms with Crippen LogP contribution in [0.5, 0.6) is 0 Å². The number of rotatable bonds is 3. The molecule has 1 N–H and O–H groups in total. The summed E-state index contributed by atoms with van der Waals surface area (Å²) in [5.74, 6) is -2.00. The van der Waals surface area contributed by atoms with Gasteiger partial charge in [0.05, 0.1) is 11.4 Å². The average Bonchev–Trinajstić information content (AvgIpc) is 2.56. The number of thiocarbonyl (C=S) groups is 1. The molecule has 1 aliphatic heterocycles. The van der Waals surface area contributed by atoms with E-state index in [1.165, 1.54) is 11.1 Å². The van der Waals surface area contributed by atoms with Crippen molar-refractivity contribution in [2.45, 2.75) is 0 Å². The van der Waals surface area contributed by atoms with Crippen molar-refractivity contribution in [2.75, 3.05) is 4.90 Å². The summed E-state index contributed by atoms with van der Waals surface area (Å²) in [7, 11) is 0. The predicted octanol–water partition coefficient (Wildman–Crippen LogP) is 3.71. The quantitative estimate of drug-likeness (QED) is 0.313. The summed E-state index contributed by atoms with van der Waals surface area (Å²) in [4.78, 5) is 30.5. The maximum atomic E-state index is 12.8. The summed E-state index contributed by atoms with van der Waals surface area (Å²) in [6.07, 6.45) is 1.34. The minimum atomic E-state index is -1.06. The number of nitrogens with one attached hydrogen (secondary N) is 1. The van der Waals surface area contributed by atoms with Crippen molar-refractivity contribution >= 4 is 80.9 Å². The van der Waals surface area contributed by atoms with E-state index in [9.17, 15) is 9.59 Å². The van der Waals surface area contributed by atoms with Crippen LogP contribution in [0.25, 0.3) is 0 Å². The monoisotopic (exact) mass is 483 g/mol. The van der Waals surface area contributed by atoms with E-state index < -0.39 is 17.7 Å². The molecule has 25 heavy (non-hydrogen) atoms. The molecule has 1 aliphatic rings. The molecule has 5 nitrogen and oxygen atoms in total. The maximum Gasteiger partial charge on any atom is 0.251 e. The van der Waals surface area contributed by atoms with Crippen LogP contribution in [-0.4, -0.2) is 23.1 Å². The summed E-state index contributed by atoms with van der Waals surface area (Å²) >= 11 is 13.2. The molecule has 0 unspecified atom stereocenters. The van der Waals surface area contributed by atoms with Crippen LogP contribution in [0.3, 0.4) is 0 Å². The molecule has 0 aliphatic carbocycles. The number of carbonyl (C=O) groups excluding carboxylic acids is 2. The van der Waals surface area contributed by atoms with Gasteiger partial charge in [0.1, 0.15) is 0 Å². The van der Waals surface area contributed by atoms with Gasteiger partial charge in [0.2, 0.25) is 5.91 Å². The number of aliphatic imine (C=N–C) groups is 1. The zero-order chi connectivity index (χ0) is 18.0. The second kappa shape index (κ2) is 7.59. The number of anilines is 1. The zero-order valence-electron chi connectivity index (χ0n) is 12.6. The van der Waals surface area contributed by atoms with Crippen molar-refractivity contribution in [1.82, 2.24) is 5.32 Å². The molecule has 1 atom stereocenters. The van der Waals surface area contributed by atoms with Gasteiger partial charge >= 0.3 is 0 Å². The van der Waals surface area contributed by atoms with Crippen LogP contribution in [0.15, 0.2) is 53.5 Å². The lowest BCUT2D eigenvalue weighted by atomic mass is 10.1. The van der Waals surface area contributed by atoms with Crippen LogP contribution in [0.4, 0.5) is 11.4 Å². The van der Waals surface area contributed by atoms with Crippen molar-refractivity contribution in [2.24, 2.45) is 10.9 Å². The molecule has 8 heteroatoms. The van der Waals surface area contributed by atoms with Gasteiger partial charge in [-0.05, 0) is 77.3 Å². The first-order valence-electron chi connectivity index (χ1n) is 7.20.